The van der Waals surface area contributed by atoms with Gasteiger partial charge in [0, 0.05) is 23.9 Å². The third kappa shape index (κ3) is 5.28. The summed E-state index contributed by atoms with van der Waals surface area (Å²) in [4.78, 5) is 25.0. The molecule has 1 heterocycles. The summed E-state index contributed by atoms with van der Waals surface area (Å²) in [5.74, 6) is -0.591. The van der Waals surface area contributed by atoms with Gasteiger partial charge < -0.3 is 15.0 Å². The third-order valence-electron chi connectivity index (χ3n) is 4.55. The van der Waals surface area contributed by atoms with Crippen molar-refractivity contribution in [1.29, 1.82) is 5.26 Å². The van der Waals surface area contributed by atoms with E-state index in [1.165, 1.54) is 6.07 Å². The van der Waals surface area contributed by atoms with Crippen LogP contribution in [0.4, 0.5) is 0 Å². The molecular weight excluding hydrogens is 388 g/mol. The lowest BCUT2D eigenvalue weighted by Crippen LogP contribution is -3.07. The van der Waals surface area contributed by atoms with Gasteiger partial charge in [-0.3, -0.25) is 9.36 Å². The van der Waals surface area contributed by atoms with Crippen LogP contribution in [0.2, 0.25) is 0 Å². The van der Waals surface area contributed by atoms with E-state index in [2.05, 4.69) is 11.4 Å². The van der Waals surface area contributed by atoms with E-state index < -0.39 is 5.97 Å². The third-order valence-corrected chi connectivity index (χ3v) is 4.99. The Balaban J connectivity index is 2.27. The van der Waals surface area contributed by atoms with Gasteiger partial charge in [-0.05, 0) is 32.0 Å². The van der Waals surface area contributed by atoms with Crippen molar-refractivity contribution in [3.63, 3.8) is 0 Å². The van der Waals surface area contributed by atoms with Gasteiger partial charge in [0.1, 0.15) is 17.3 Å². The zero-order valence-electron chi connectivity index (χ0n) is 17.0. The van der Waals surface area contributed by atoms with E-state index in [4.69, 9.17) is 17.0 Å². The molecule has 0 bridgehead atoms. The highest BCUT2D eigenvalue weighted by Crippen LogP contribution is 2.15. The first-order valence-corrected chi connectivity index (χ1v) is 9.67. The highest BCUT2D eigenvalue weighted by atomic mass is 32.1. The van der Waals surface area contributed by atoms with Gasteiger partial charge in [-0.2, -0.15) is 5.26 Å². The second kappa shape index (κ2) is 9.96. The molecule has 0 aliphatic rings. The number of nitrogens with zero attached hydrogens (tertiary/aromatic N) is 2. The van der Waals surface area contributed by atoms with E-state index in [-0.39, 0.29) is 18.1 Å². The SMILES string of the molecule is CCOC(=O)c1cc(C#N)c(=S)n(C[NH+](C)Cc2ccc(C(=O)NC)cc2)c1C. The zero-order valence-corrected chi connectivity index (χ0v) is 17.9. The van der Waals surface area contributed by atoms with E-state index in [9.17, 15) is 14.9 Å². The molecule has 0 aliphatic carbocycles. The average Bonchev–Trinajstić information content (AvgIpc) is 2.71. The standard InChI is InChI=1S/C21H24N4O3S/c1-5-28-21(27)18-10-17(11-22)20(29)25(14(18)2)13-24(4)12-15-6-8-16(9-7-15)19(26)23-3/h6-10H,5,12-13H2,1-4H3,(H,23,26)/p+1. The molecule has 1 atom stereocenters. The molecule has 0 fully saturated rings. The van der Waals surface area contributed by atoms with Crippen LogP contribution in [0.15, 0.2) is 30.3 Å². The molecule has 8 heteroatoms. The molecule has 1 unspecified atom stereocenters. The van der Waals surface area contributed by atoms with Crippen molar-refractivity contribution in [1.82, 2.24) is 9.88 Å². The number of hydrogen-bond donors (Lipinski definition) is 2. The van der Waals surface area contributed by atoms with Crippen LogP contribution >= 0.6 is 12.2 Å². The highest BCUT2D eigenvalue weighted by molar-refractivity contribution is 7.71. The Labute approximate surface area is 175 Å². The van der Waals surface area contributed by atoms with E-state index in [0.29, 0.717) is 34.7 Å². The predicted octanol–water partition coefficient (Wildman–Crippen LogP) is 1.61. The van der Waals surface area contributed by atoms with Gasteiger partial charge in [-0.1, -0.05) is 24.4 Å². The Hall–Kier alpha value is -3.02. The van der Waals surface area contributed by atoms with Crippen molar-refractivity contribution in [2.24, 2.45) is 0 Å². The fourth-order valence-electron chi connectivity index (χ4n) is 3.03. The van der Waals surface area contributed by atoms with Crippen molar-refractivity contribution in [2.75, 3.05) is 20.7 Å². The minimum absolute atomic E-state index is 0.126. The number of ether oxygens (including phenoxy) is 1. The number of rotatable bonds is 7. The van der Waals surface area contributed by atoms with Crippen LogP contribution in [-0.2, 0) is 18.0 Å². The lowest BCUT2D eigenvalue weighted by molar-refractivity contribution is -0.917. The molecule has 2 aromatic rings. The lowest BCUT2D eigenvalue weighted by atomic mass is 10.1. The number of aromatic nitrogens is 1. The molecule has 2 N–H and O–H groups in total. The number of hydrogen-bond acceptors (Lipinski definition) is 5. The maximum absolute atomic E-state index is 12.3. The highest BCUT2D eigenvalue weighted by Gasteiger charge is 2.18. The van der Waals surface area contributed by atoms with Gasteiger partial charge in [-0.25, -0.2) is 4.79 Å². The number of carbonyl (C=O) groups is 2. The molecule has 1 aromatic heterocycles. The van der Waals surface area contributed by atoms with Gasteiger partial charge in [0.05, 0.1) is 24.8 Å². The van der Waals surface area contributed by atoms with Crippen molar-refractivity contribution in [3.05, 3.63) is 62.9 Å². The first kappa shape index (κ1) is 22.3. The molecule has 1 amide bonds. The fourth-order valence-corrected chi connectivity index (χ4v) is 3.34. The van der Waals surface area contributed by atoms with Gasteiger partial charge in [-0.15, -0.1) is 0 Å². The lowest BCUT2D eigenvalue weighted by Gasteiger charge is -2.20. The summed E-state index contributed by atoms with van der Waals surface area (Å²) in [6.07, 6.45) is 0. The minimum Gasteiger partial charge on any atom is -0.462 e. The summed E-state index contributed by atoms with van der Waals surface area (Å²) in [6.45, 7) is 4.95. The molecule has 0 saturated heterocycles. The van der Waals surface area contributed by atoms with Crippen molar-refractivity contribution in [3.8, 4) is 6.07 Å². The smallest absolute Gasteiger partial charge is 0.339 e. The first-order valence-electron chi connectivity index (χ1n) is 9.26. The molecule has 2 rings (SSSR count). The molecular formula is C21H25N4O3S+. The predicted molar refractivity (Wildman–Crippen MR) is 111 cm³/mol. The molecule has 29 heavy (non-hydrogen) atoms. The Morgan fingerprint density at radius 2 is 1.97 bits per heavy atom. The van der Waals surface area contributed by atoms with Crippen molar-refractivity contribution >= 4 is 24.1 Å². The van der Waals surface area contributed by atoms with Crippen LogP contribution in [-0.4, -0.2) is 37.1 Å². The summed E-state index contributed by atoms with van der Waals surface area (Å²) in [7, 11) is 3.59. The summed E-state index contributed by atoms with van der Waals surface area (Å²) in [5.41, 5.74) is 2.95. The van der Waals surface area contributed by atoms with E-state index in [1.54, 1.807) is 37.6 Å². The topological polar surface area (TPSA) is 88.6 Å². The second-order valence-electron chi connectivity index (χ2n) is 6.69. The maximum Gasteiger partial charge on any atom is 0.339 e. The minimum atomic E-state index is -0.465. The normalized spacial score (nSPS) is 11.4. The second-order valence-corrected chi connectivity index (χ2v) is 7.08. The molecule has 0 spiro atoms. The number of carbonyl (C=O) groups excluding carboxylic acids is 2. The number of nitrogens with one attached hydrogen (secondary N) is 2. The quantitative estimate of drug-likeness (QED) is 0.532. The summed E-state index contributed by atoms with van der Waals surface area (Å²) in [6, 6.07) is 11.0. The van der Waals surface area contributed by atoms with Crippen molar-refractivity contribution in [2.45, 2.75) is 27.1 Å². The maximum atomic E-state index is 12.3. The Bertz CT molecular complexity index is 1010. The molecule has 0 saturated carbocycles. The number of nitriles is 1. The summed E-state index contributed by atoms with van der Waals surface area (Å²) in [5, 5.41) is 12.0. The summed E-state index contributed by atoms with van der Waals surface area (Å²) < 4.78 is 7.30. The van der Waals surface area contributed by atoms with Crippen LogP contribution in [0.1, 0.15) is 44.5 Å². The van der Waals surface area contributed by atoms with E-state index in [1.807, 2.05) is 19.2 Å². The number of amides is 1. The van der Waals surface area contributed by atoms with E-state index in [0.717, 1.165) is 10.5 Å². The number of pyridine rings is 1. The van der Waals surface area contributed by atoms with Crippen LogP contribution in [0.3, 0.4) is 0 Å². The number of quaternary nitrogens is 1. The fraction of sp³-hybridized carbons (Fsp3) is 0.333. The van der Waals surface area contributed by atoms with Gasteiger partial charge in [0.2, 0.25) is 0 Å². The zero-order chi connectivity index (χ0) is 21.6. The van der Waals surface area contributed by atoms with Crippen LogP contribution in [0, 0.1) is 22.9 Å². The Morgan fingerprint density at radius 3 is 2.52 bits per heavy atom. The van der Waals surface area contributed by atoms with Crippen LogP contribution in [0.25, 0.3) is 0 Å². The summed E-state index contributed by atoms with van der Waals surface area (Å²) >= 11 is 5.46. The molecule has 1 aromatic carbocycles. The molecule has 7 nitrogen and oxygen atoms in total. The number of esters is 1. The molecule has 0 radical (unpaired) electrons. The monoisotopic (exact) mass is 413 g/mol. The van der Waals surface area contributed by atoms with Crippen LogP contribution < -0.4 is 10.2 Å². The largest absolute Gasteiger partial charge is 0.462 e. The number of benzene rings is 1. The van der Waals surface area contributed by atoms with Crippen LogP contribution in [0.5, 0.6) is 0 Å². The van der Waals surface area contributed by atoms with Gasteiger partial charge in [0.25, 0.3) is 5.91 Å². The first-order chi connectivity index (χ1) is 13.8. The molecule has 152 valence electrons. The Morgan fingerprint density at radius 1 is 1.31 bits per heavy atom. The van der Waals surface area contributed by atoms with Crippen molar-refractivity contribution < 1.29 is 19.2 Å². The van der Waals surface area contributed by atoms with Gasteiger partial charge in [0.15, 0.2) is 6.67 Å². The van der Waals surface area contributed by atoms with E-state index >= 15 is 0 Å². The van der Waals surface area contributed by atoms with Gasteiger partial charge >= 0.3 is 5.97 Å². The Kier molecular flexibility index (Phi) is 7.65. The average molecular weight is 414 g/mol. The molecule has 0 aliphatic heterocycles.